The maximum absolute atomic E-state index is 10.2. The van der Waals surface area contributed by atoms with Crippen LogP contribution in [0.15, 0.2) is 12.4 Å². The molecule has 0 aliphatic carbocycles. The fourth-order valence-corrected chi connectivity index (χ4v) is 3.41. The molecule has 3 atom stereocenters. The quantitative estimate of drug-likeness (QED) is 0.790. The standard InChI is InChI=1S/C16H27N3O3/c20-14(11-21-12-15-4-2-8-22-15)10-19-7-1-3-13(9-19)16-17-5-6-18-16/h5-6,13-15,20H,1-4,7-12H2,(H,17,18)/t13-,14-,15-/m0/s1. The Bertz CT molecular complexity index is 420. The Morgan fingerprint density at radius 1 is 1.45 bits per heavy atom. The maximum Gasteiger partial charge on any atom is 0.110 e. The van der Waals surface area contributed by atoms with E-state index < -0.39 is 6.10 Å². The van der Waals surface area contributed by atoms with Gasteiger partial charge in [0.1, 0.15) is 5.82 Å². The molecule has 3 rings (SSSR count). The van der Waals surface area contributed by atoms with E-state index in [-0.39, 0.29) is 6.10 Å². The van der Waals surface area contributed by atoms with Crippen molar-refractivity contribution >= 4 is 0 Å². The van der Waals surface area contributed by atoms with Gasteiger partial charge in [0.15, 0.2) is 0 Å². The second-order valence-electron chi connectivity index (χ2n) is 6.40. The van der Waals surface area contributed by atoms with E-state index in [4.69, 9.17) is 9.47 Å². The highest BCUT2D eigenvalue weighted by Gasteiger charge is 2.24. The highest BCUT2D eigenvalue weighted by molar-refractivity contribution is 4.99. The number of piperidine rings is 1. The third-order valence-electron chi connectivity index (χ3n) is 4.52. The van der Waals surface area contributed by atoms with E-state index in [0.29, 0.717) is 25.7 Å². The van der Waals surface area contributed by atoms with Crippen LogP contribution in [0.5, 0.6) is 0 Å². The van der Waals surface area contributed by atoms with E-state index in [0.717, 1.165) is 51.2 Å². The first-order valence-corrected chi connectivity index (χ1v) is 8.40. The van der Waals surface area contributed by atoms with Crippen LogP contribution in [0.25, 0.3) is 0 Å². The summed E-state index contributed by atoms with van der Waals surface area (Å²) in [5.41, 5.74) is 0. The minimum absolute atomic E-state index is 0.227. The number of aromatic nitrogens is 2. The molecule has 0 bridgehead atoms. The van der Waals surface area contributed by atoms with Crippen molar-refractivity contribution in [2.45, 2.75) is 43.8 Å². The molecule has 124 valence electrons. The zero-order chi connectivity index (χ0) is 15.2. The molecule has 1 aromatic rings. The molecule has 2 saturated heterocycles. The van der Waals surface area contributed by atoms with Gasteiger partial charge in [-0.25, -0.2) is 4.98 Å². The zero-order valence-electron chi connectivity index (χ0n) is 13.1. The minimum Gasteiger partial charge on any atom is -0.389 e. The maximum atomic E-state index is 10.2. The third-order valence-corrected chi connectivity index (χ3v) is 4.52. The van der Waals surface area contributed by atoms with Crippen molar-refractivity contribution in [3.63, 3.8) is 0 Å². The average Bonchev–Trinajstić information content (AvgIpc) is 3.21. The molecule has 0 saturated carbocycles. The summed E-state index contributed by atoms with van der Waals surface area (Å²) >= 11 is 0. The van der Waals surface area contributed by atoms with Gasteiger partial charge in [0, 0.05) is 38.0 Å². The van der Waals surface area contributed by atoms with Gasteiger partial charge in [-0.3, -0.25) is 4.90 Å². The van der Waals surface area contributed by atoms with E-state index in [2.05, 4.69) is 14.9 Å². The molecule has 2 aliphatic heterocycles. The first-order chi connectivity index (χ1) is 10.8. The van der Waals surface area contributed by atoms with Crippen molar-refractivity contribution in [3.05, 3.63) is 18.2 Å². The number of hydrogen-bond acceptors (Lipinski definition) is 5. The Labute approximate surface area is 131 Å². The average molecular weight is 309 g/mol. The minimum atomic E-state index is -0.434. The van der Waals surface area contributed by atoms with Crippen LogP contribution in [0.2, 0.25) is 0 Å². The Morgan fingerprint density at radius 2 is 2.41 bits per heavy atom. The highest BCUT2D eigenvalue weighted by Crippen LogP contribution is 2.24. The second kappa shape index (κ2) is 8.06. The molecule has 22 heavy (non-hydrogen) atoms. The Kier molecular flexibility index (Phi) is 5.83. The van der Waals surface area contributed by atoms with Crippen molar-refractivity contribution in [2.24, 2.45) is 0 Å². The van der Waals surface area contributed by atoms with Gasteiger partial charge in [-0.15, -0.1) is 0 Å². The Hall–Kier alpha value is -0.950. The van der Waals surface area contributed by atoms with Gasteiger partial charge in [0.05, 0.1) is 25.4 Å². The van der Waals surface area contributed by atoms with Gasteiger partial charge in [-0.05, 0) is 32.2 Å². The van der Waals surface area contributed by atoms with Crippen molar-refractivity contribution in [3.8, 4) is 0 Å². The zero-order valence-corrected chi connectivity index (χ0v) is 13.1. The smallest absolute Gasteiger partial charge is 0.110 e. The summed E-state index contributed by atoms with van der Waals surface area (Å²) < 4.78 is 11.1. The van der Waals surface area contributed by atoms with Crippen LogP contribution in [-0.4, -0.2) is 71.6 Å². The van der Waals surface area contributed by atoms with Gasteiger partial charge >= 0.3 is 0 Å². The Morgan fingerprint density at radius 3 is 3.18 bits per heavy atom. The number of aliphatic hydroxyl groups is 1. The van der Waals surface area contributed by atoms with Crippen molar-refractivity contribution < 1.29 is 14.6 Å². The van der Waals surface area contributed by atoms with Gasteiger partial charge in [0.25, 0.3) is 0 Å². The van der Waals surface area contributed by atoms with E-state index in [1.807, 2.05) is 12.4 Å². The normalized spacial score (nSPS) is 28.0. The molecule has 2 fully saturated rings. The number of hydrogen-bond donors (Lipinski definition) is 2. The second-order valence-corrected chi connectivity index (χ2v) is 6.40. The van der Waals surface area contributed by atoms with Crippen LogP contribution < -0.4 is 0 Å². The topological polar surface area (TPSA) is 70.6 Å². The predicted molar refractivity (Wildman–Crippen MR) is 82.8 cm³/mol. The van der Waals surface area contributed by atoms with Crippen LogP contribution in [0.4, 0.5) is 0 Å². The molecular weight excluding hydrogens is 282 g/mol. The molecule has 2 aliphatic rings. The summed E-state index contributed by atoms with van der Waals surface area (Å²) in [7, 11) is 0. The number of H-pyrrole nitrogens is 1. The van der Waals surface area contributed by atoms with E-state index in [1.54, 1.807) is 0 Å². The summed E-state index contributed by atoms with van der Waals surface area (Å²) in [6, 6.07) is 0. The molecule has 6 heteroatoms. The third kappa shape index (κ3) is 4.52. The summed E-state index contributed by atoms with van der Waals surface area (Å²) in [6.07, 6.45) is 7.99. The number of aliphatic hydroxyl groups excluding tert-OH is 1. The largest absolute Gasteiger partial charge is 0.389 e. The molecule has 6 nitrogen and oxygen atoms in total. The first kappa shape index (κ1) is 15.9. The molecular formula is C16H27N3O3. The number of nitrogens with zero attached hydrogens (tertiary/aromatic N) is 2. The molecule has 0 amide bonds. The molecule has 0 spiro atoms. The summed E-state index contributed by atoms with van der Waals surface area (Å²) in [5.74, 6) is 1.51. The van der Waals surface area contributed by atoms with Crippen LogP contribution in [0.3, 0.4) is 0 Å². The molecule has 0 unspecified atom stereocenters. The predicted octanol–water partition coefficient (Wildman–Crippen LogP) is 1.15. The lowest BCUT2D eigenvalue weighted by Gasteiger charge is -2.33. The fraction of sp³-hybridized carbons (Fsp3) is 0.812. The first-order valence-electron chi connectivity index (χ1n) is 8.40. The van der Waals surface area contributed by atoms with Crippen molar-refractivity contribution in [1.29, 1.82) is 0 Å². The molecule has 0 aromatic carbocycles. The van der Waals surface area contributed by atoms with Crippen molar-refractivity contribution in [1.82, 2.24) is 14.9 Å². The lowest BCUT2D eigenvalue weighted by atomic mass is 9.97. The number of rotatable bonds is 7. The summed E-state index contributed by atoms with van der Waals surface area (Å²) in [6.45, 7) is 4.51. The lowest BCUT2D eigenvalue weighted by Crippen LogP contribution is -2.41. The van der Waals surface area contributed by atoms with E-state index in [1.165, 1.54) is 0 Å². The SMILES string of the molecule is O[C@H](COC[C@@H]1CCCO1)CN1CCC[C@H](c2ncc[nH]2)C1. The number of imidazole rings is 1. The summed E-state index contributed by atoms with van der Waals surface area (Å²) in [5, 5.41) is 10.2. The molecule has 0 radical (unpaired) electrons. The number of likely N-dealkylation sites (tertiary alicyclic amines) is 1. The van der Waals surface area contributed by atoms with Gasteiger partial charge in [-0.2, -0.15) is 0 Å². The monoisotopic (exact) mass is 309 g/mol. The Balaban J connectivity index is 1.36. The number of ether oxygens (including phenoxy) is 2. The van der Waals surface area contributed by atoms with Crippen molar-refractivity contribution in [2.75, 3.05) is 39.5 Å². The fourth-order valence-electron chi connectivity index (χ4n) is 3.41. The molecule has 3 heterocycles. The van der Waals surface area contributed by atoms with E-state index >= 15 is 0 Å². The van der Waals surface area contributed by atoms with E-state index in [9.17, 15) is 5.11 Å². The van der Waals surface area contributed by atoms with Crippen LogP contribution >= 0.6 is 0 Å². The van der Waals surface area contributed by atoms with Gasteiger partial charge in [0.2, 0.25) is 0 Å². The van der Waals surface area contributed by atoms with Crippen LogP contribution in [0.1, 0.15) is 37.4 Å². The van der Waals surface area contributed by atoms with Crippen LogP contribution in [-0.2, 0) is 9.47 Å². The number of nitrogens with one attached hydrogen (secondary N) is 1. The molecule has 2 N–H and O–H groups in total. The molecule has 1 aromatic heterocycles. The van der Waals surface area contributed by atoms with Gasteiger partial charge in [-0.1, -0.05) is 0 Å². The highest BCUT2D eigenvalue weighted by atomic mass is 16.5. The van der Waals surface area contributed by atoms with Gasteiger partial charge < -0.3 is 19.6 Å². The summed E-state index contributed by atoms with van der Waals surface area (Å²) in [4.78, 5) is 9.89. The number of β-amino-alcohol motifs (C(OH)–C–C–N with tert-alkyl or cyclic N) is 1. The lowest BCUT2D eigenvalue weighted by molar-refractivity contribution is -0.0270. The number of aromatic amines is 1. The van der Waals surface area contributed by atoms with Crippen LogP contribution in [0, 0.1) is 0 Å².